The van der Waals surface area contributed by atoms with Gasteiger partial charge in [0, 0.05) is 23.2 Å². The van der Waals surface area contributed by atoms with E-state index in [0.717, 1.165) is 24.9 Å². The van der Waals surface area contributed by atoms with Crippen LogP contribution in [-0.2, 0) is 9.59 Å². The molecule has 1 aliphatic rings. The van der Waals surface area contributed by atoms with Gasteiger partial charge in [-0.15, -0.1) is 0 Å². The lowest BCUT2D eigenvalue weighted by Gasteiger charge is -2.07. The number of carbonyl (C=O) groups is 2. The minimum absolute atomic E-state index is 0.102. The quantitative estimate of drug-likeness (QED) is 0.643. The van der Waals surface area contributed by atoms with Crippen LogP contribution in [0.2, 0.25) is 5.02 Å². The number of rotatable bonds is 8. The average Bonchev–Trinajstić information content (AvgIpc) is 3.25. The molecule has 0 radical (unpaired) electrons. The van der Waals surface area contributed by atoms with E-state index < -0.39 is 0 Å². The van der Waals surface area contributed by atoms with Crippen molar-refractivity contribution in [3.8, 4) is 0 Å². The van der Waals surface area contributed by atoms with Crippen LogP contribution in [0.4, 0.5) is 5.69 Å². The van der Waals surface area contributed by atoms with Gasteiger partial charge in [-0.2, -0.15) is 0 Å². The Hall–Kier alpha value is -1.59. The molecule has 1 aromatic carbocycles. The molecule has 21 heavy (non-hydrogen) atoms. The van der Waals surface area contributed by atoms with Crippen LogP contribution in [-0.4, -0.2) is 30.9 Å². The molecular weight excluding hydrogens is 290 g/mol. The molecule has 0 atom stereocenters. The highest BCUT2D eigenvalue weighted by Gasteiger charge is 2.22. The Labute approximate surface area is 129 Å². The highest BCUT2D eigenvalue weighted by atomic mass is 35.5. The lowest BCUT2D eigenvalue weighted by atomic mass is 10.3. The van der Waals surface area contributed by atoms with E-state index in [1.165, 1.54) is 0 Å². The lowest BCUT2D eigenvalue weighted by molar-refractivity contribution is -0.121. The lowest BCUT2D eigenvalue weighted by Crippen LogP contribution is -2.30. The van der Waals surface area contributed by atoms with Gasteiger partial charge in [-0.05, 0) is 50.1 Å². The monoisotopic (exact) mass is 309 g/mol. The van der Waals surface area contributed by atoms with Crippen LogP contribution in [0.3, 0.4) is 0 Å². The zero-order valence-electron chi connectivity index (χ0n) is 11.8. The first-order valence-electron chi connectivity index (χ1n) is 7.19. The molecule has 1 aliphatic carbocycles. The first kappa shape index (κ1) is 15.8. The molecule has 0 aliphatic heterocycles. The standard InChI is InChI=1S/C15H20ClN3O2/c16-11-3-5-12(6-4-11)19-15(21)10-17-9-1-2-14(20)18-13-7-8-13/h3-6,13,17H,1-2,7-10H2,(H,18,20)(H,19,21). The Morgan fingerprint density at radius 2 is 1.86 bits per heavy atom. The van der Waals surface area contributed by atoms with E-state index in [1.54, 1.807) is 24.3 Å². The molecule has 114 valence electrons. The third-order valence-corrected chi connectivity index (χ3v) is 3.37. The van der Waals surface area contributed by atoms with Gasteiger partial charge in [0.25, 0.3) is 0 Å². The van der Waals surface area contributed by atoms with Crippen molar-refractivity contribution in [2.45, 2.75) is 31.7 Å². The molecule has 0 bridgehead atoms. The number of hydrogen-bond acceptors (Lipinski definition) is 3. The maximum Gasteiger partial charge on any atom is 0.238 e. The Kier molecular flexibility index (Phi) is 6.02. The van der Waals surface area contributed by atoms with Crippen LogP contribution in [0.5, 0.6) is 0 Å². The molecule has 2 amide bonds. The van der Waals surface area contributed by atoms with Crippen LogP contribution >= 0.6 is 11.6 Å². The Morgan fingerprint density at radius 1 is 1.14 bits per heavy atom. The molecule has 3 N–H and O–H groups in total. The normalized spacial score (nSPS) is 13.8. The largest absolute Gasteiger partial charge is 0.353 e. The van der Waals surface area contributed by atoms with Crippen LogP contribution < -0.4 is 16.0 Å². The number of nitrogens with one attached hydrogen (secondary N) is 3. The van der Waals surface area contributed by atoms with E-state index in [9.17, 15) is 9.59 Å². The van der Waals surface area contributed by atoms with Crippen molar-refractivity contribution in [1.29, 1.82) is 0 Å². The fourth-order valence-corrected chi connectivity index (χ4v) is 1.97. The molecule has 1 aromatic rings. The van der Waals surface area contributed by atoms with Gasteiger partial charge < -0.3 is 16.0 Å². The minimum Gasteiger partial charge on any atom is -0.353 e. The second-order valence-electron chi connectivity index (χ2n) is 5.18. The first-order chi connectivity index (χ1) is 10.1. The van der Waals surface area contributed by atoms with Crippen LogP contribution in [0.15, 0.2) is 24.3 Å². The highest BCUT2D eigenvalue weighted by Crippen LogP contribution is 2.18. The molecule has 6 heteroatoms. The summed E-state index contributed by atoms with van der Waals surface area (Å²) in [6.07, 6.45) is 3.44. The molecule has 0 aromatic heterocycles. The van der Waals surface area contributed by atoms with Crippen molar-refractivity contribution in [2.75, 3.05) is 18.4 Å². The van der Waals surface area contributed by atoms with Crippen molar-refractivity contribution in [3.63, 3.8) is 0 Å². The number of anilines is 1. The third-order valence-electron chi connectivity index (χ3n) is 3.11. The predicted octanol–water partition coefficient (Wildman–Crippen LogP) is 1.93. The highest BCUT2D eigenvalue weighted by molar-refractivity contribution is 6.30. The van der Waals surface area contributed by atoms with Gasteiger partial charge in [-0.3, -0.25) is 9.59 Å². The first-order valence-corrected chi connectivity index (χ1v) is 7.57. The summed E-state index contributed by atoms with van der Waals surface area (Å²) < 4.78 is 0. The molecular formula is C15H20ClN3O2. The van der Waals surface area contributed by atoms with Gasteiger partial charge in [-0.25, -0.2) is 0 Å². The molecule has 0 unspecified atom stereocenters. The molecule has 0 saturated heterocycles. The summed E-state index contributed by atoms with van der Waals surface area (Å²) in [5.74, 6) is -0.00956. The number of benzene rings is 1. The summed E-state index contributed by atoms with van der Waals surface area (Å²) in [6, 6.07) is 7.37. The zero-order valence-corrected chi connectivity index (χ0v) is 12.6. The number of amides is 2. The van der Waals surface area contributed by atoms with E-state index in [2.05, 4.69) is 16.0 Å². The van der Waals surface area contributed by atoms with Crippen molar-refractivity contribution in [3.05, 3.63) is 29.3 Å². The second-order valence-corrected chi connectivity index (χ2v) is 5.61. The van der Waals surface area contributed by atoms with Crippen LogP contribution in [0, 0.1) is 0 Å². The number of carbonyl (C=O) groups excluding carboxylic acids is 2. The molecule has 1 saturated carbocycles. The van der Waals surface area contributed by atoms with Crippen molar-refractivity contribution < 1.29 is 9.59 Å². The van der Waals surface area contributed by atoms with Crippen molar-refractivity contribution >= 4 is 29.1 Å². The van der Waals surface area contributed by atoms with Gasteiger partial charge in [0.2, 0.25) is 11.8 Å². The SMILES string of the molecule is O=C(CNCCCC(=O)NC1CC1)Nc1ccc(Cl)cc1. The maximum absolute atomic E-state index is 11.7. The van der Waals surface area contributed by atoms with E-state index >= 15 is 0 Å². The van der Waals surface area contributed by atoms with E-state index in [1.807, 2.05) is 0 Å². The van der Waals surface area contributed by atoms with Gasteiger partial charge >= 0.3 is 0 Å². The van der Waals surface area contributed by atoms with E-state index in [-0.39, 0.29) is 18.4 Å². The Balaban J connectivity index is 1.52. The van der Waals surface area contributed by atoms with Gasteiger partial charge in [0.1, 0.15) is 0 Å². The molecule has 0 spiro atoms. The zero-order chi connectivity index (χ0) is 15.1. The summed E-state index contributed by atoms with van der Waals surface area (Å²) in [4.78, 5) is 23.1. The molecule has 5 nitrogen and oxygen atoms in total. The van der Waals surface area contributed by atoms with Crippen LogP contribution in [0.25, 0.3) is 0 Å². The summed E-state index contributed by atoms with van der Waals surface area (Å²) in [5.41, 5.74) is 0.718. The minimum atomic E-state index is -0.111. The summed E-state index contributed by atoms with van der Waals surface area (Å²) >= 11 is 5.77. The van der Waals surface area contributed by atoms with Crippen LogP contribution in [0.1, 0.15) is 25.7 Å². The average molecular weight is 310 g/mol. The van der Waals surface area contributed by atoms with E-state index in [4.69, 9.17) is 11.6 Å². The fraction of sp³-hybridized carbons (Fsp3) is 0.467. The number of halogens is 1. The fourth-order valence-electron chi connectivity index (χ4n) is 1.84. The van der Waals surface area contributed by atoms with E-state index in [0.29, 0.717) is 24.0 Å². The van der Waals surface area contributed by atoms with Gasteiger partial charge in [0.05, 0.1) is 6.54 Å². The predicted molar refractivity (Wildman–Crippen MR) is 83.4 cm³/mol. The summed E-state index contributed by atoms with van der Waals surface area (Å²) in [5, 5.41) is 9.36. The molecule has 1 fully saturated rings. The Bertz CT molecular complexity index is 486. The smallest absolute Gasteiger partial charge is 0.238 e. The van der Waals surface area contributed by atoms with Crippen molar-refractivity contribution in [1.82, 2.24) is 10.6 Å². The van der Waals surface area contributed by atoms with Gasteiger partial charge in [-0.1, -0.05) is 11.6 Å². The summed E-state index contributed by atoms with van der Waals surface area (Å²) in [7, 11) is 0. The molecule has 0 heterocycles. The second kappa shape index (κ2) is 8.00. The topological polar surface area (TPSA) is 70.2 Å². The third kappa shape index (κ3) is 6.60. The number of hydrogen-bond donors (Lipinski definition) is 3. The van der Waals surface area contributed by atoms with Crippen molar-refractivity contribution in [2.24, 2.45) is 0 Å². The molecule has 2 rings (SSSR count). The van der Waals surface area contributed by atoms with Gasteiger partial charge in [0.15, 0.2) is 0 Å². The Morgan fingerprint density at radius 3 is 2.52 bits per heavy atom. The summed E-state index contributed by atoms with van der Waals surface area (Å²) in [6.45, 7) is 0.874. The maximum atomic E-state index is 11.7.